The van der Waals surface area contributed by atoms with Gasteiger partial charge in [-0.15, -0.1) is 0 Å². The number of ether oxygens (including phenoxy) is 1. The number of aryl methyl sites for hydroxylation is 1. The fourth-order valence-corrected chi connectivity index (χ4v) is 2.29. The molecular weight excluding hydrogens is 252 g/mol. The standard InChI is InChI=1S/C15H22N4O/c1-4-8-19-11-12(9-18-19)15(17-5-2)13-6-7-16-10-14(13)20-3/h6-7,9-11,15,17H,4-5,8H2,1-3H3. The molecule has 5 nitrogen and oxygen atoms in total. The van der Waals surface area contributed by atoms with Gasteiger partial charge in [0, 0.05) is 30.1 Å². The largest absolute Gasteiger partial charge is 0.495 e. The van der Waals surface area contributed by atoms with Gasteiger partial charge in [0.15, 0.2) is 0 Å². The maximum absolute atomic E-state index is 5.42. The second kappa shape index (κ2) is 7.05. The summed E-state index contributed by atoms with van der Waals surface area (Å²) in [5.41, 5.74) is 2.23. The number of aromatic nitrogens is 3. The molecule has 5 heteroatoms. The zero-order chi connectivity index (χ0) is 14.4. The maximum atomic E-state index is 5.42. The first-order valence-electron chi connectivity index (χ1n) is 7.03. The topological polar surface area (TPSA) is 52.0 Å². The van der Waals surface area contributed by atoms with Gasteiger partial charge in [0.1, 0.15) is 5.75 Å². The number of hydrogen-bond acceptors (Lipinski definition) is 4. The number of hydrogen-bond donors (Lipinski definition) is 1. The summed E-state index contributed by atoms with van der Waals surface area (Å²) in [6.07, 6.45) is 8.62. The number of pyridine rings is 1. The van der Waals surface area contributed by atoms with Crippen LogP contribution >= 0.6 is 0 Å². The van der Waals surface area contributed by atoms with E-state index in [2.05, 4.69) is 35.4 Å². The number of rotatable bonds is 7. The van der Waals surface area contributed by atoms with Crippen LogP contribution < -0.4 is 10.1 Å². The molecule has 1 N–H and O–H groups in total. The van der Waals surface area contributed by atoms with Crippen LogP contribution in [0.15, 0.2) is 30.9 Å². The second-order valence-electron chi connectivity index (χ2n) is 4.65. The van der Waals surface area contributed by atoms with Gasteiger partial charge in [-0.3, -0.25) is 9.67 Å². The Hall–Kier alpha value is -1.88. The Morgan fingerprint density at radius 2 is 2.20 bits per heavy atom. The molecule has 0 radical (unpaired) electrons. The lowest BCUT2D eigenvalue weighted by Gasteiger charge is -2.19. The third-order valence-electron chi connectivity index (χ3n) is 3.19. The van der Waals surface area contributed by atoms with Crippen molar-refractivity contribution in [2.24, 2.45) is 0 Å². The minimum absolute atomic E-state index is 0.0727. The van der Waals surface area contributed by atoms with Crippen molar-refractivity contribution in [3.8, 4) is 5.75 Å². The molecule has 0 aromatic carbocycles. The predicted octanol–water partition coefficient (Wildman–Crippen LogP) is 2.40. The summed E-state index contributed by atoms with van der Waals surface area (Å²) in [5, 5.41) is 7.89. The van der Waals surface area contributed by atoms with E-state index in [0.717, 1.165) is 36.4 Å². The molecule has 2 aromatic rings. The zero-order valence-corrected chi connectivity index (χ0v) is 12.3. The van der Waals surface area contributed by atoms with E-state index in [-0.39, 0.29) is 6.04 Å². The molecule has 108 valence electrons. The first-order chi connectivity index (χ1) is 9.80. The van der Waals surface area contributed by atoms with Gasteiger partial charge in [-0.2, -0.15) is 5.10 Å². The van der Waals surface area contributed by atoms with E-state index in [1.54, 1.807) is 19.5 Å². The van der Waals surface area contributed by atoms with Crippen LogP contribution in [0.2, 0.25) is 0 Å². The highest BCUT2D eigenvalue weighted by Gasteiger charge is 2.18. The van der Waals surface area contributed by atoms with Gasteiger partial charge in [-0.1, -0.05) is 13.8 Å². The molecule has 0 amide bonds. The lowest BCUT2D eigenvalue weighted by atomic mass is 10.0. The van der Waals surface area contributed by atoms with Crippen molar-refractivity contribution in [1.82, 2.24) is 20.1 Å². The summed E-state index contributed by atoms with van der Waals surface area (Å²) in [5.74, 6) is 0.793. The first kappa shape index (κ1) is 14.5. The average Bonchev–Trinajstić information content (AvgIpc) is 2.93. The summed E-state index contributed by atoms with van der Waals surface area (Å²) < 4.78 is 7.40. The van der Waals surface area contributed by atoms with Crippen molar-refractivity contribution >= 4 is 0 Å². The molecule has 2 heterocycles. The van der Waals surface area contributed by atoms with Crippen molar-refractivity contribution in [3.63, 3.8) is 0 Å². The molecule has 20 heavy (non-hydrogen) atoms. The van der Waals surface area contributed by atoms with Crippen LogP contribution in [0.25, 0.3) is 0 Å². The van der Waals surface area contributed by atoms with Gasteiger partial charge in [0.2, 0.25) is 0 Å². The summed E-state index contributed by atoms with van der Waals surface area (Å²) >= 11 is 0. The van der Waals surface area contributed by atoms with Gasteiger partial charge >= 0.3 is 0 Å². The van der Waals surface area contributed by atoms with Gasteiger partial charge < -0.3 is 10.1 Å². The highest BCUT2D eigenvalue weighted by Crippen LogP contribution is 2.28. The minimum Gasteiger partial charge on any atom is -0.495 e. The van der Waals surface area contributed by atoms with E-state index in [1.807, 2.05) is 16.9 Å². The van der Waals surface area contributed by atoms with Crippen molar-refractivity contribution in [3.05, 3.63) is 42.0 Å². The van der Waals surface area contributed by atoms with Crippen molar-refractivity contribution < 1.29 is 4.74 Å². The molecule has 0 bridgehead atoms. The Morgan fingerprint density at radius 1 is 1.35 bits per heavy atom. The molecule has 1 atom stereocenters. The van der Waals surface area contributed by atoms with Crippen molar-refractivity contribution in [1.29, 1.82) is 0 Å². The van der Waals surface area contributed by atoms with Crippen LogP contribution in [-0.4, -0.2) is 28.4 Å². The Balaban J connectivity index is 2.34. The highest BCUT2D eigenvalue weighted by molar-refractivity contribution is 5.38. The van der Waals surface area contributed by atoms with Crippen LogP contribution in [-0.2, 0) is 6.54 Å². The molecule has 0 aliphatic heterocycles. The lowest BCUT2D eigenvalue weighted by molar-refractivity contribution is 0.402. The molecule has 0 fully saturated rings. The quantitative estimate of drug-likeness (QED) is 0.842. The summed E-state index contributed by atoms with van der Waals surface area (Å²) in [6, 6.07) is 2.06. The zero-order valence-electron chi connectivity index (χ0n) is 12.3. The monoisotopic (exact) mass is 274 g/mol. The van der Waals surface area contributed by atoms with Crippen LogP contribution in [0.4, 0.5) is 0 Å². The third kappa shape index (κ3) is 3.17. The fourth-order valence-electron chi connectivity index (χ4n) is 2.29. The minimum atomic E-state index is 0.0727. The molecule has 0 aliphatic carbocycles. The van der Waals surface area contributed by atoms with E-state index in [0.29, 0.717) is 0 Å². The smallest absolute Gasteiger partial charge is 0.142 e. The summed E-state index contributed by atoms with van der Waals surface area (Å²) in [7, 11) is 1.67. The average molecular weight is 274 g/mol. The molecule has 0 aliphatic rings. The maximum Gasteiger partial charge on any atom is 0.142 e. The van der Waals surface area contributed by atoms with Gasteiger partial charge in [-0.05, 0) is 19.0 Å². The SMILES string of the molecule is CCCn1cc(C(NCC)c2ccncc2OC)cn1. The van der Waals surface area contributed by atoms with Crippen LogP contribution in [0.1, 0.15) is 37.4 Å². The Labute approximate surface area is 120 Å². The number of nitrogens with one attached hydrogen (secondary N) is 1. The van der Waals surface area contributed by atoms with E-state index >= 15 is 0 Å². The molecule has 2 rings (SSSR count). The van der Waals surface area contributed by atoms with Gasteiger partial charge in [-0.25, -0.2) is 0 Å². The Bertz CT molecular complexity index is 538. The molecule has 0 saturated heterocycles. The van der Waals surface area contributed by atoms with Gasteiger partial charge in [0.05, 0.1) is 25.5 Å². The fraction of sp³-hybridized carbons (Fsp3) is 0.467. The van der Waals surface area contributed by atoms with Gasteiger partial charge in [0.25, 0.3) is 0 Å². The molecule has 2 aromatic heterocycles. The van der Waals surface area contributed by atoms with Crippen molar-refractivity contribution in [2.75, 3.05) is 13.7 Å². The summed E-state index contributed by atoms with van der Waals surface area (Å²) in [6.45, 7) is 6.05. The van der Waals surface area contributed by atoms with E-state index < -0.39 is 0 Å². The Morgan fingerprint density at radius 3 is 2.90 bits per heavy atom. The number of methoxy groups -OCH3 is 1. The van der Waals surface area contributed by atoms with E-state index in [9.17, 15) is 0 Å². The normalized spacial score (nSPS) is 12.3. The third-order valence-corrected chi connectivity index (χ3v) is 3.19. The molecule has 0 saturated carbocycles. The van der Waals surface area contributed by atoms with Crippen molar-refractivity contribution in [2.45, 2.75) is 32.9 Å². The predicted molar refractivity (Wildman–Crippen MR) is 78.8 cm³/mol. The molecule has 0 spiro atoms. The Kier molecular flexibility index (Phi) is 5.12. The lowest BCUT2D eigenvalue weighted by Crippen LogP contribution is -2.22. The van der Waals surface area contributed by atoms with E-state index in [4.69, 9.17) is 4.74 Å². The van der Waals surface area contributed by atoms with Crippen LogP contribution in [0, 0.1) is 0 Å². The first-order valence-corrected chi connectivity index (χ1v) is 7.03. The second-order valence-corrected chi connectivity index (χ2v) is 4.65. The van der Waals surface area contributed by atoms with Crippen LogP contribution in [0.5, 0.6) is 5.75 Å². The molecular formula is C15H22N4O. The summed E-state index contributed by atoms with van der Waals surface area (Å²) in [4.78, 5) is 4.11. The van der Waals surface area contributed by atoms with E-state index in [1.165, 1.54) is 0 Å². The number of nitrogens with zero attached hydrogens (tertiary/aromatic N) is 3. The highest BCUT2D eigenvalue weighted by atomic mass is 16.5. The molecule has 1 unspecified atom stereocenters. The van der Waals surface area contributed by atoms with Crippen LogP contribution in [0.3, 0.4) is 0 Å².